The minimum absolute atomic E-state index is 0.357. The highest BCUT2D eigenvalue weighted by atomic mass is 35.5. The zero-order chi connectivity index (χ0) is 12.3. The van der Waals surface area contributed by atoms with E-state index in [9.17, 15) is 4.79 Å². The summed E-state index contributed by atoms with van der Waals surface area (Å²) in [5, 5.41) is 0. The summed E-state index contributed by atoms with van der Waals surface area (Å²) in [7, 11) is 3.03. The minimum atomic E-state index is -1.10. The van der Waals surface area contributed by atoms with Crippen LogP contribution < -0.4 is 9.47 Å². The molecule has 5 heteroatoms. The van der Waals surface area contributed by atoms with Crippen LogP contribution in [-0.2, 0) is 0 Å². The smallest absolute Gasteiger partial charge is 0.199 e. The van der Waals surface area contributed by atoms with Crippen LogP contribution >= 0.6 is 23.2 Å². The predicted octanol–water partition coefficient (Wildman–Crippen LogP) is 3.00. The van der Waals surface area contributed by atoms with Crippen molar-refractivity contribution in [2.24, 2.45) is 0 Å². The van der Waals surface area contributed by atoms with Gasteiger partial charge in [0, 0.05) is 5.56 Å². The molecule has 0 atom stereocenters. The molecule has 0 amide bonds. The Balaban J connectivity index is 3.31. The maximum atomic E-state index is 11.7. The Hall–Kier alpha value is -0.930. The van der Waals surface area contributed by atoms with Crippen LogP contribution in [0.5, 0.6) is 11.5 Å². The molecule has 0 spiro atoms. The average Bonchev–Trinajstić information content (AvgIpc) is 2.27. The molecule has 0 saturated heterocycles. The molecule has 16 heavy (non-hydrogen) atoms. The molecule has 1 rings (SSSR count). The van der Waals surface area contributed by atoms with Gasteiger partial charge in [-0.05, 0) is 19.1 Å². The minimum Gasteiger partial charge on any atom is -0.496 e. The van der Waals surface area contributed by atoms with Crippen molar-refractivity contribution in [2.75, 3.05) is 14.2 Å². The van der Waals surface area contributed by atoms with Crippen molar-refractivity contribution < 1.29 is 14.3 Å². The Kier molecular flexibility index (Phi) is 4.44. The number of carbonyl (C=O) groups is 1. The molecule has 0 unspecified atom stereocenters. The first kappa shape index (κ1) is 13.1. The van der Waals surface area contributed by atoms with Crippen LogP contribution in [0.15, 0.2) is 12.1 Å². The van der Waals surface area contributed by atoms with Gasteiger partial charge in [-0.15, -0.1) is 0 Å². The molecule has 0 aliphatic carbocycles. The number of hydrogen-bond acceptors (Lipinski definition) is 3. The standard InChI is InChI=1S/C11H12Cl2O3/c1-6-8(15-2)5-4-7(10(6)16-3)9(14)11(12)13/h4-5,11H,1-3H3. The van der Waals surface area contributed by atoms with Crippen LogP contribution in [-0.4, -0.2) is 24.8 Å². The molecular formula is C11H12Cl2O3. The third-order valence-corrected chi connectivity index (χ3v) is 2.64. The molecular weight excluding hydrogens is 251 g/mol. The fourth-order valence-corrected chi connectivity index (χ4v) is 1.70. The lowest BCUT2D eigenvalue weighted by molar-refractivity contribution is 0.100. The van der Waals surface area contributed by atoms with Gasteiger partial charge in [-0.3, -0.25) is 4.79 Å². The quantitative estimate of drug-likeness (QED) is 0.618. The van der Waals surface area contributed by atoms with Gasteiger partial charge in [-0.2, -0.15) is 0 Å². The van der Waals surface area contributed by atoms with E-state index in [2.05, 4.69) is 0 Å². The molecule has 88 valence electrons. The van der Waals surface area contributed by atoms with E-state index in [0.717, 1.165) is 5.56 Å². The molecule has 0 saturated carbocycles. The van der Waals surface area contributed by atoms with Crippen molar-refractivity contribution in [2.45, 2.75) is 11.8 Å². The summed E-state index contributed by atoms with van der Waals surface area (Å²) in [4.78, 5) is 10.6. The van der Waals surface area contributed by atoms with Crippen molar-refractivity contribution in [3.8, 4) is 11.5 Å². The molecule has 1 aromatic rings. The van der Waals surface area contributed by atoms with E-state index >= 15 is 0 Å². The molecule has 0 N–H and O–H groups in total. The first-order valence-corrected chi connectivity index (χ1v) is 5.44. The molecule has 0 aliphatic heterocycles. The molecule has 0 bridgehead atoms. The Morgan fingerprint density at radius 2 is 1.88 bits per heavy atom. The number of ether oxygens (including phenoxy) is 2. The van der Waals surface area contributed by atoms with Crippen LogP contribution in [0.25, 0.3) is 0 Å². The van der Waals surface area contributed by atoms with E-state index in [1.54, 1.807) is 26.2 Å². The van der Waals surface area contributed by atoms with E-state index in [-0.39, 0.29) is 5.78 Å². The highest BCUT2D eigenvalue weighted by molar-refractivity contribution is 6.55. The lowest BCUT2D eigenvalue weighted by Crippen LogP contribution is -2.11. The second kappa shape index (κ2) is 5.41. The van der Waals surface area contributed by atoms with Crippen LogP contribution in [0.2, 0.25) is 0 Å². The molecule has 0 heterocycles. The highest BCUT2D eigenvalue weighted by Gasteiger charge is 2.21. The zero-order valence-corrected chi connectivity index (χ0v) is 10.7. The van der Waals surface area contributed by atoms with E-state index < -0.39 is 4.84 Å². The molecule has 1 aromatic carbocycles. The Bertz CT molecular complexity index is 402. The third-order valence-electron chi connectivity index (χ3n) is 2.24. The van der Waals surface area contributed by atoms with Gasteiger partial charge in [0.25, 0.3) is 0 Å². The monoisotopic (exact) mass is 262 g/mol. The number of Topliss-reactive ketones (excluding diaryl/α,β-unsaturated/α-hetero) is 1. The van der Waals surface area contributed by atoms with Gasteiger partial charge in [0.05, 0.1) is 19.8 Å². The Labute approximate surface area is 104 Å². The van der Waals surface area contributed by atoms with Crippen LogP contribution in [0, 0.1) is 6.92 Å². The van der Waals surface area contributed by atoms with Gasteiger partial charge < -0.3 is 9.47 Å². The highest BCUT2D eigenvalue weighted by Crippen LogP contribution is 2.32. The largest absolute Gasteiger partial charge is 0.496 e. The van der Waals surface area contributed by atoms with Gasteiger partial charge in [0.2, 0.25) is 0 Å². The number of rotatable bonds is 4. The van der Waals surface area contributed by atoms with Crippen molar-refractivity contribution in [3.63, 3.8) is 0 Å². The number of alkyl halides is 2. The first-order valence-electron chi connectivity index (χ1n) is 4.56. The summed E-state index contributed by atoms with van der Waals surface area (Å²) in [5.74, 6) is 0.704. The normalized spacial score (nSPS) is 10.4. The number of hydrogen-bond donors (Lipinski definition) is 0. The molecule has 0 aromatic heterocycles. The number of halogens is 2. The average molecular weight is 263 g/mol. The third kappa shape index (κ3) is 2.42. The lowest BCUT2D eigenvalue weighted by Gasteiger charge is -2.13. The second-order valence-corrected chi connectivity index (χ2v) is 4.23. The maximum Gasteiger partial charge on any atom is 0.199 e. The summed E-state index contributed by atoms with van der Waals surface area (Å²) in [5.41, 5.74) is 1.10. The lowest BCUT2D eigenvalue weighted by atomic mass is 10.1. The van der Waals surface area contributed by atoms with Crippen molar-refractivity contribution in [1.29, 1.82) is 0 Å². The summed E-state index contributed by atoms with van der Waals surface area (Å²) in [6.07, 6.45) is 0. The number of ketones is 1. The summed E-state index contributed by atoms with van der Waals surface area (Å²) in [6, 6.07) is 3.27. The van der Waals surface area contributed by atoms with Gasteiger partial charge in [-0.1, -0.05) is 23.2 Å². The van der Waals surface area contributed by atoms with Crippen molar-refractivity contribution >= 4 is 29.0 Å². The molecule has 0 radical (unpaired) electrons. The molecule has 3 nitrogen and oxygen atoms in total. The van der Waals surface area contributed by atoms with Crippen LogP contribution in [0.3, 0.4) is 0 Å². The SMILES string of the molecule is COc1ccc(C(=O)C(Cl)Cl)c(OC)c1C. The fraction of sp³-hybridized carbons (Fsp3) is 0.364. The van der Waals surface area contributed by atoms with E-state index in [4.69, 9.17) is 32.7 Å². The number of carbonyl (C=O) groups excluding carboxylic acids is 1. The van der Waals surface area contributed by atoms with Gasteiger partial charge in [-0.25, -0.2) is 0 Å². The van der Waals surface area contributed by atoms with Gasteiger partial charge >= 0.3 is 0 Å². The van der Waals surface area contributed by atoms with E-state index in [0.29, 0.717) is 17.1 Å². The van der Waals surface area contributed by atoms with E-state index in [1.807, 2.05) is 0 Å². The fourth-order valence-electron chi connectivity index (χ4n) is 1.47. The maximum absolute atomic E-state index is 11.7. The summed E-state index contributed by atoms with van der Waals surface area (Å²) < 4.78 is 10.3. The first-order chi connectivity index (χ1) is 7.52. The number of benzene rings is 1. The van der Waals surface area contributed by atoms with Gasteiger partial charge in [0.1, 0.15) is 11.5 Å². The Morgan fingerprint density at radius 3 is 2.31 bits per heavy atom. The topological polar surface area (TPSA) is 35.5 Å². The summed E-state index contributed by atoms with van der Waals surface area (Å²) >= 11 is 11.1. The van der Waals surface area contributed by atoms with Crippen molar-refractivity contribution in [3.05, 3.63) is 23.3 Å². The zero-order valence-electron chi connectivity index (χ0n) is 9.21. The van der Waals surface area contributed by atoms with Crippen LogP contribution in [0.1, 0.15) is 15.9 Å². The molecule has 0 fully saturated rings. The predicted molar refractivity (Wildman–Crippen MR) is 64.1 cm³/mol. The second-order valence-electron chi connectivity index (χ2n) is 3.14. The Morgan fingerprint density at radius 1 is 1.25 bits per heavy atom. The van der Waals surface area contributed by atoms with E-state index in [1.165, 1.54) is 7.11 Å². The van der Waals surface area contributed by atoms with Crippen LogP contribution in [0.4, 0.5) is 0 Å². The van der Waals surface area contributed by atoms with Gasteiger partial charge in [0.15, 0.2) is 10.6 Å². The molecule has 0 aliphatic rings. The summed E-state index contributed by atoms with van der Waals surface area (Å²) in [6.45, 7) is 1.80. The number of methoxy groups -OCH3 is 2. The van der Waals surface area contributed by atoms with Crippen molar-refractivity contribution in [1.82, 2.24) is 0 Å².